The lowest BCUT2D eigenvalue weighted by Gasteiger charge is -2.21. The first-order valence-corrected chi connectivity index (χ1v) is 7.00. The van der Waals surface area contributed by atoms with Crippen LogP contribution in [0.2, 0.25) is 13.6 Å². The molecule has 0 N–H and O–H groups in total. The van der Waals surface area contributed by atoms with Crippen molar-refractivity contribution < 1.29 is 4.79 Å². The molecule has 2 nitrogen and oxygen atoms in total. The summed E-state index contributed by atoms with van der Waals surface area (Å²) in [5.74, 6) is 0.147. The molecule has 18 heavy (non-hydrogen) atoms. The van der Waals surface area contributed by atoms with Gasteiger partial charge in [0.25, 0.3) is 5.91 Å². The van der Waals surface area contributed by atoms with Gasteiger partial charge in [0.2, 0.25) is 0 Å². The molecular weight excluding hydrogens is 221 g/mol. The summed E-state index contributed by atoms with van der Waals surface area (Å²) < 4.78 is 0. The highest BCUT2D eigenvalue weighted by Gasteiger charge is 2.17. The van der Waals surface area contributed by atoms with Crippen LogP contribution in [0, 0.1) is 0 Å². The molecule has 1 amide bonds. The maximum absolute atomic E-state index is 12.3. The van der Waals surface area contributed by atoms with E-state index < -0.39 is 0 Å². The third kappa shape index (κ3) is 4.21. The molecule has 0 radical (unpaired) electrons. The number of carbonyl (C=O) groups excluding carboxylic acids is 1. The van der Waals surface area contributed by atoms with Gasteiger partial charge in [-0.3, -0.25) is 4.79 Å². The Morgan fingerprint density at radius 1 is 1.11 bits per heavy atom. The third-order valence-corrected chi connectivity index (χ3v) is 2.86. The molecule has 1 aromatic rings. The van der Waals surface area contributed by atoms with Crippen LogP contribution >= 0.6 is 0 Å². The van der Waals surface area contributed by atoms with Gasteiger partial charge in [-0.2, -0.15) is 0 Å². The Labute approximate surface area is 112 Å². The first kappa shape index (κ1) is 16.8. The Balaban J connectivity index is 0.00000137. The minimum atomic E-state index is 0.147. The number of hydrogen-bond donors (Lipinski definition) is 0. The first-order chi connectivity index (χ1) is 8.61. The zero-order valence-electron chi connectivity index (χ0n) is 12.7. The van der Waals surface area contributed by atoms with E-state index in [2.05, 4.69) is 13.6 Å². The fraction of sp³-hybridized carbons (Fsp3) is 0.533. The number of carbonyl (C=O) groups is 1. The van der Waals surface area contributed by atoms with Gasteiger partial charge in [0, 0.05) is 18.7 Å². The third-order valence-electron chi connectivity index (χ3n) is 2.86. The molecule has 0 aliphatic heterocycles. The van der Waals surface area contributed by atoms with Crippen LogP contribution in [0.25, 0.3) is 0 Å². The average Bonchev–Trinajstić information content (AvgIpc) is 2.42. The van der Waals surface area contributed by atoms with Crippen LogP contribution in [-0.4, -0.2) is 30.6 Å². The monoisotopic (exact) mass is 247 g/mol. The molecule has 100 valence electrons. The summed E-state index contributed by atoms with van der Waals surface area (Å²) in [7, 11) is 0. The predicted octanol–water partition coefficient (Wildman–Crippen LogP) is 3.16. The van der Waals surface area contributed by atoms with Crippen molar-refractivity contribution in [2.75, 3.05) is 13.1 Å². The summed E-state index contributed by atoms with van der Waals surface area (Å²) in [5, 5.41) is 0. The fourth-order valence-electron chi connectivity index (χ4n) is 1.88. The summed E-state index contributed by atoms with van der Waals surface area (Å²) in [6.45, 7) is 14.2. The summed E-state index contributed by atoms with van der Waals surface area (Å²) in [5.41, 5.74) is 1.99. The molecule has 1 rings (SSSR count). The van der Waals surface area contributed by atoms with E-state index in [9.17, 15) is 4.79 Å². The summed E-state index contributed by atoms with van der Waals surface area (Å²) in [6.07, 6.45) is 0. The molecule has 0 fully saturated rings. The Hall–Kier alpha value is -1.25. The van der Waals surface area contributed by atoms with Gasteiger partial charge in [-0.05, 0) is 13.8 Å². The zero-order valence-corrected chi connectivity index (χ0v) is 12.7. The van der Waals surface area contributed by atoms with E-state index in [4.69, 9.17) is 0 Å². The standard InChI is InChI=1S/C13H20BNO.C2H6/c1-5-15(6-2)13(16)11-9-7-8-10-12(11)14(3)4;1-2/h7-10H,5-6H2,1-4H3;1-2H3. The molecule has 1 aromatic carbocycles. The van der Waals surface area contributed by atoms with Crippen molar-refractivity contribution in [2.24, 2.45) is 0 Å². The fourth-order valence-corrected chi connectivity index (χ4v) is 1.88. The molecule has 0 spiro atoms. The molecule has 0 aliphatic rings. The predicted molar refractivity (Wildman–Crippen MR) is 82.2 cm³/mol. The van der Waals surface area contributed by atoms with Crippen molar-refractivity contribution in [3.05, 3.63) is 29.8 Å². The molecule has 0 aliphatic carbocycles. The minimum absolute atomic E-state index is 0.147. The van der Waals surface area contributed by atoms with Crippen LogP contribution in [0.1, 0.15) is 38.1 Å². The van der Waals surface area contributed by atoms with E-state index in [0.717, 1.165) is 24.1 Å². The number of hydrogen-bond acceptors (Lipinski definition) is 1. The largest absolute Gasteiger partial charge is 0.339 e. The molecular formula is C15H26BNO. The van der Waals surface area contributed by atoms with Crippen molar-refractivity contribution in [1.29, 1.82) is 0 Å². The number of amides is 1. The smallest absolute Gasteiger partial charge is 0.253 e. The van der Waals surface area contributed by atoms with Gasteiger partial charge in [0.15, 0.2) is 6.71 Å². The summed E-state index contributed by atoms with van der Waals surface area (Å²) in [4.78, 5) is 14.1. The van der Waals surface area contributed by atoms with Crippen LogP contribution in [0.15, 0.2) is 24.3 Å². The van der Waals surface area contributed by atoms with Crippen molar-refractivity contribution in [2.45, 2.75) is 41.3 Å². The van der Waals surface area contributed by atoms with Crippen molar-refractivity contribution >= 4 is 18.1 Å². The van der Waals surface area contributed by atoms with Gasteiger partial charge in [0.1, 0.15) is 0 Å². The van der Waals surface area contributed by atoms with Gasteiger partial charge < -0.3 is 4.90 Å². The highest BCUT2D eigenvalue weighted by molar-refractivity contribution is 6.72. The Kier molecular flexibility index (Phi) is 8.18. The number of nitrogens with zero attached hydrogens (tertiary/aromatic N) is 1. The molecule has 0 bridgehead atoms. The zero-order chi connectivity index (χ0) is 14.1. The number of benzene rings is 1. The van der Waals surface area contributed by atoms with E-state index in [1.807, 2.05) is 56.9 Å². The quantitative estimate of drug-likeness (QED) is 0.748. The lowest BCUT2D eigenvalue weighted by molar-refractivity contribution is 0.0774. The lowest BCUT2D eigenvalue weighted by Crippen LogP contribution is -2.37. The second-order valence-corrected chi connectivity index (χ2v) is 4.22. The molecule has 0 heterocycles. The van der Waals surface area contributed by atoms with Crippen LogP contribution < -0.4 is 5.46 Å². The Bertz CT molecular complexity index is 359. The van der Waals surface area contributed by atoms with E-state index >= 15 is 0 Å². The van der Waals surface area contributed by atoms with E-state index in [0.29, 0.717) is 6.71 Å². The molecule has 0 atom stereocenters. The first-order valence-electron chi connectivity index (χ1n) is 7.00. The highest BCUT2D eigenvalue weighted by Crippen LogP contribution is 2.04. The molecule has 0 aromatic heterocycles. The number of rotatable bonds is 4. The van der Waals surface area contributed by atoms with Crippen molar-refractivity contribution in [3.8, 4) is 0 Å². The van der Waals surface area contributed by atoms with Gasteiger partial charge >= 0.3 is 0 Å². The maximum atomic E-state index is 12.3. The van der Waals surface area contributed by atoms with Crippen LogP contribution in [0.3, 0.4) is 0 Å². The van der Waals surface area contributed by atoms with E-state index in [1.54, 1.807) is 0 Å². The van der Waals surface area contributed by atoms with Crippen LogP contribution in [0.4, 0.5) is 0 Å². The van der Waals surface area contributed by atoms with Crippen molar-refractivity contribution in [3.63, 3.8) is 0 Å². The van der Waals surface area contributed by atoms with Gasteiger partial charge in [-0.1, -0.05) is 57.2 Å². The molecule has 0 unspecified atom stereocenters. The Morgan fingerprint density at radius 2 is 1.61 bits per heavy atom. The highest BCUT2D eigenvalue weighted by atomic mass is 16.2. The van der Waals surface area contributed by atoms with Gasteiger partial charge in [0.05, 0.1) is 0 Å². The maximum Gasteiger partial charge on any atom is 0.253 e. The van der Waals surface area contributed by atoms with Crippen LogP contribution in [-0.2, 0) is 0 Å². The van der Waals surface area contributed by atoms with Gasteiger partial charge in [-0.25, -0.2) is 0 Å². The molecule has 0 saturated carbocycles. The lowest BCUT2D eigenvalue weighted by atomic mass is 9.48. The van der Waals surface area contributed by atoms with Crippen molar-refractivity contribution in [1.82, 2.24) is 4.90 Å². The topological polar surface area (TPSA) is 20.3 Å². The minimum Gasteiger partial charge on any atom is -0.339 e. The Morgan fingerprint density at radius 3 is 2.06 bits per heavy atom. The second-order valence-electron chi connectivity index (χ2n) is 4.22. The summed E-state index contributed by atoms with van der Waals surface area (Å²) in [6, 6.07) is 7.90. The van der Waals surface area contributed by atoms with E-state index in [1.165, 1.54) is 0 Å². The van der Waals surface area contributed by atoms with Gasteiger partial charge in [-0.15, -0.1) is 0 Å². The molecule has 0 saturated heterocycles. The van der Waals surface area contributed by atoms with Crippen LogP contribution in [0.5, 0.6) is 0 Å². The average molecular weight is 247 g/mol. The van der Waals surface area contributed by atoms with E-state index in [-0.39, 0.29) is 5.91 Å². The summed E-state index contributed by atoms with van der Waals surface area (Å²) >= 11 is 0. The molecule has 3 heteroatoms. The SMILES string of the molecule is CC.CCN(CC)C(=O)c1ccccc1B(C)C. The second kappa shape index (κ2) is 8.79. The normalized spacial score (nSPS) is 9.22.